The second-order valence-electron chi connectivity index (χ2n) is 2.21. The van der Waals surface area contributed by atoms with Crippen molar-refractivity contribution in [1.29, 1.82) is 0 Å². The number of benzene rings is 1. The van der Waals surface area contributed by atoms with Crippen LogP contribution >= 0.6 is 15.9 Å². The Balaban J connectivity index is 3.04. The lowest BCUT2D eigenvalue weighted by Gasteiger charge is -1.97. The van der Waals surface area contributed by atoms with Crippen molar-refractivity contribution in [3.8, 4) is 0 Å². The number of carbonyl (C=O) groups is 1. The van der Waals surface area contributed by atoms with Gasteiger partial charge in [0, 0.05) is 4.47 Å². The van der Waals surface area contributed by atoms with Crippen LogP contribution in [0.5, 0.6) is 0 Å². The lowest BCUT2D eigenvalue weighted by molar-refractivity contribution is -0.103. The van der Waals surface area contributed by atoms with Gasteiger partial charge in [-0.05, 0) is 17.7 Å². The fraction of sp³-hybridized carbons (Fsp3) is 0. The van der Waals surface area contributed by atoms with E-state index in [4.69, 9.17) is 5.11 Å². The van der Waals surface area contributed by atoms with Gasteiger partial charge in [0.1, 0.15) is 0 Å². The predicted octanol–water partition coefficient (Wildman–Crippen LogP) is 2.55. The van der Waals surface area contributed by atoms with Gasteiger partial charge in [0.2, 0.25) is 0 Å². The zero-order chi connectivity index (χ0) is 8.97. The maximum atomic E-state index is 10.4. The first-order chi connectivity index (χ1) is 5.77. The molecule has 0 aliphatic rings. The highest BCUT2D eigenvalue weighted by molar-refractivity contribution is 9.10. The standard InChI is InChI=1S/C9H7BrO2/c10-9-3-1-7(2-4-9)8(5-11)6-12/h1-6,11H. The van der Waals surface area contributed by atoms with Crippen LogP contribution in [-0.2, 0) is 4.79 Å². The monoisotopic (exact) mass is 226 g/mol. The second-order valence-corrected chi connectivity index (χ2v) is 3.12. The van der Waals surface area contributed by atoms with Crippen LogP contribution in [0.15, 0.2) is 35.0 Å². The number of aliphatic hydroxyl groups excluding tert-OH is 1. The maximum absolute atomic E-state index is 10.4. The zero-order valence-corrected chi connectivity index (χ0v) is 7.78. The molecule has 0 spiro atoms. The summed E-state index contributed by atoms with van der Waals surface area (Å²) in [5.74, 6) is 0. The summed E-state index contributed by atoms with van der Waals surface area (Å²) in [6, 6.07) is 7.12. The Bertz CT molecular complexity index is 301. The summed E-state index contributed by atoms with van der Waals surface area (Å²) in [5, 5.41) is 8.64. The summed E-state index contributed by atoms with van der Waals surface area (Å²) in [4.78, 5) is 10.4. The molecule has 0 unspecified atom stereocenters. The molecule has 0 amide bonds. The normalized spacial score (nSPS) is 11.2. The van der Waals surface area contributed by atoms with Gasteiger partial charge in [0.05, 0.1) is 11.8 Å². The number of hydrogen-bond acceptors (Lipinski definition) is 2. The Morgan fingerprint density at radius 3 is 2.33 bits per heavy atom. The van der Waals surface area contributed by atoms with Crippen molar-refractivity contribution in [1.82, 2.24) is 0 Å². The van der Waals surface area contributed by atoms with Crippen molar-refractivity contribution in [3.05, 3.63) is 40.6 Å². The van der Waals surface area contributed by atoms with Crippen molar-refractivity contribution >= 4 is 27.8 Å². The molecule has 0 aliphatic heterocycles. The van der Waals surface area contributed by atoms with Gasteiger partial charge in [-0.3, -0.25) is 4.79 Å². The molecule has 1 N–H and O–H groups in total. The molecule has 0 saturated heterocycles. The third-order valence-electron chi connectivity index (χ3n) is 1.44. The molecule has 1 aromatic carbocycles. The minimum atomic E-state index is 0.280. The third kappa shape index (κ3) is 1.95. The molecule has 2 nitrogen and oxygen atoms in total. The lowest BCUT2D eigenvalue weighted by atomic mass is 10.1. The molecule has 0 radical (unpaired) electrons. The van der Waals surface area contributed by atoms with E-state index in [1.165, 1.54) is 0 Å². The molecule has 3 heteroatoms. The molecule has 0 bridgehead atoms. The largest absolute Gasteiger partial charge is 0.515 e. The van der Waals surface area contributed by atoms with Crippen molar-refractivity contribution in [2.24, 2.45) is 0 Å². The Labute approximate surface area is 78.7 Å². The quantitative estimate of drug-likeness (QED) is 0.478. The van der Waals surface area contributed by atoms with Crippen LogP contribution in [0.3, 0.4) is 0 Å². The van der Waals surface area contributed by atoms with Crippen molar-refractivity contribution in [2.75, 3.05) is 0 Å². The van der Waals surface area contributed by atoms with Gasteiger partial charge in [0.25, 0.3) is 0 Å². The van der Waals surface area contributed by atoms with Gasteiger partial charge in [-0.15, -0.1) is 0 Å². The summed E-state index contributed by atoms with van der Waals surface area (Å²) in [7, 11) is 0. The van der Waals surface area contributed by atoms with Crippen LogP contribution in [0, 0.1) is 0 Å². The van der Waals surface area contributed by atoms with E-state index in [0.29, 0.717) is 11.8 Å². The van der Waals surface area contributed by atoms with Gasteiger partial charge < -0.3 is 5.11 Å². The fourth-order valence-corrected chi connectivity index (χ4v) is 1.08. The maximum Gasteiger partial charge on any atom is 0.153 e. The van der Waals surface area contributed by atoms with Gasteiger partial charge >= 0.3 is 0 Å². The number of carbonyl (C=O) groups excluding carboxylic acids is 1. The van der Waals surface area contributed by atoms with Crippen LogP contribution in [0.1, 0.15) is 5.56 Å². The van der Waals surface area contributed by atoms with Crippen LogP contribution in [0.25, 0.3) is 5.57 Å². The smallest absolute Gasteiger partial charge is 0.153 e. The van der Waals surface area contributed by atoms with Crippen LogP contribution in [0.4, 0.5) is 0 Å². The van der Waals surface area contributed by atoms with Gasteiger partial charge in [-0.1, -0.05) is 28.1 Å². The Morgan fingerprint density at radius 2 is 1.92 bits per heavy atom. The van der Waals surface area contributed by atoms with Crippen LogP contribution in [-0.4, -0.2) is 11.4 Å². The molecular formula is C9H7BrO2. The highest BCUT2D eigenvalue weighted by Crippen LogP contribution is 2.15. The number of rotatable bonds is 2. The fourth-order valence-electron chi connectivity index (χ4n) is 0.815. The first-order valence-electron chi connectivity index (χ1n) is 3.33. The van der Waals surface area contributed by atoms with Crippen LogP contribution in [0.2, 0.25) is 0 Å². The molecule has 0 aliphatic carbocycles. The highest BCUT2D eigenvalue weighted by Gasteiger charge is 1.98. The highest BCUT2D eigenvalue weighted by atomic mass is 79.9. The van der Waals surface area contributed by atoms with Crippen molar-refractivity contribution in [3.63, 3.8) is 0 Å². The van der Waals surface area contributed by atoms with E-state index >= 15 is 0 Å². The minimum absolute atomic E-state index is 0.280. The van der Waals surface area contributed by atoms with E-state index in [-0.39, 0.29) is 5.57 Å². The Morgan fingerprint density at radius 1 is 1.33 bits per heavy atom. The van der Waals surface area contributed by atoms with E-state index in [1.807, 2.05) is 12.1 Å². The first kappa shape index (κ1) is 9.00. The van der Waals surface area contributed by atoms with E-state index in [2.05, 4.69) is 15.9 Å². The number of allylic oxidation sites excluding steroid dienone is 1. The minimum Gasteiger partial charge on any atom is -0.515 e. The van der Waals surface area contributed by atoms with E-state index in [1.54, 1.807) is 12.1 Å². The molecule has 0 atom stereocenters. The first-order valence-corrected chi connectivity index (χ1v) is 4.12. The zero-order valence-electron chi connectivity index (χ0n) is 6.20. The summed E-state index contributed by atoms with van der Waals surface area (Å²) in [6.45, 7) is 0. The molecule has 0 fully saturated rings. The SMILES string of the molecule is O=CC(=CO)c1ccc(Br)cc1. The molecular weight excluding hydrogens is 220 g/mol. The Kier molecular flexibility index (Phi) is 3.05. The molecule has 0 saturated carbocycles. The lowest BCUT2D eigenvalue weighted by Crippen LogP contribution is -1.84. The summed E-state index contributed by atoms with van der Waals surface area (Å²) >= 11 is 3.27. The Hall–Kier alpha value is -1.09. The number of hydrogen-bond donors (Lipinski definition) is 1. The molecule has 1 rings (SSSR count). The molecule has 12 heavy (non-hydrogen) atoms. The average Bonchev–Trinajstić information content (AvgIpc) is 2.10. The van der Waals surface area contributed by atoms with Crippen LogP contribution < -0.4 is 0 Å². The predicted molar refractivity (Wildman–Crippen MR) is 50.8 cm³/mol. The second kappa shape index (κ2) is 4.07. The summed E-state index contributed by atoms with van der Waals surface area (Å²) < 4.78 is 0.939. The number of aliphatic hydroxyl groups is 1. The summed E-state index contributed by atoms with van der Waals surface area (Å²) in [5.41, 5.74) is 0.984. The average molecular weight is 227 g/mol. The number of aldehydes is 1. The van der Waals surface area contributed by atoms with Gasteiger partial charge in [-0.25, -0.2) is 0 Å². The van der Waals surface area contributed by atoms with E-state index in [0.717, 1.165) is 10.7 Å². The van der Waals surface area contributed by atoms with E-state index in [9.17, 15) is 4.79 Å². The van der Waals surface area contributed by atoms with Crippen molar-refractivity contribution < 1.29 is 9.90 Å². The summed E-state index contributed by atoms with van der Waals surface area (Å²) in [6.07, 6.45) is 1.42. The molecule has 62 valence electrons. The van der Waals surface area contributed by atoms with Gasteiger partial charge in [-0.2, -0.15) is 0 Å². The van der Waals surface area contributed by atoms with E-state index < -0.39 is 0 Å². The van der Waals surface area contributed by atoms with Gasteiger partial charge in [0.15, 0.2) is 6.29 Å². The molecule has 0 aromatic heterocycles. The topological polar surface area (TPSA) is 37.3 Å². The third-order valence-corrected chi connectivity index (χ3v) is 1.97. The van der Waals surface area contributed by atoms with Crippen molar-refractivity contribution in [2.45, 2.75) is 0 Å². The molecule has 1 aromatic rings. The molecule has 0 heterocycles. The number of halogens is 1.